The predicted molar refractivity (Wildman–Crippen MR) is 150 cm³/mol. The molecule has 6 heteroatoms. The average Bonchev–Trinajstić information content (AvgIpc) is 3.51. The highest BCUT2D eigenvalue weighted by molar-refractivity contribution is 6.09. The van der Waals surface area contributed by atoms with Crippen LogP contribution in [0.25, 0.3) is 44.1 Å². The van der Waals surface area contributed by atoms with E-state index in [0.29, 0.717) is 12.1 Å². The van der Waals surface area contributed by atoms with Gasteiger partial charge in [-0.05, 0) is 42.8 Å². The number of hydrogen-bond donors (Lipinski definition) is 1. The second-order valence-electron chi connectivity index (χ2n) is 9.15. The van der Waals surface area contributed by atoms with E-state index in [9.17, 15) is 9.59 Å². The summed E-state index contributed by atoms with van der Waals surface area (Å²) in [6.45, 7) is 2.60. The van der Waals surface area contributed by atoms with Crippen molar-refractivity contribution < 1.29 is 19.1 Å². The zero-order chi connectivity index (χ0) is 26.6. The average molecular weight is 505 g/mol. The van der Waals surface area contributed by atoms with E-state index >= 15 is 0 Å². The third kappa shape index (κ3) is 4.62. The predicted octanol–water partition coefficient (Wildman–Crippen LogP) is 6.73. The maximum Gasteiger partial charge on any atom is 0.165 e. The molecule has 6 nitrogen and oxygen atoms in total. The van der Waals surface area contributed by atoms with Crippen LogP contribution in [0.15, 0.2) is 89.6 Å². The van der Waals surface area contributed by atoms with E-state index < -0.39 is 0 Å². The lowest BCUT2D eigenvalue weighted by atomic mass is 10.0. The minimum absolute atomic E-state index is 0.0103. The summed E-state index contributed by atoms with van der Waals surface area (Å²) in [7, 11) is 1.00. The molecule has 1 N–H and O–H groups in total. The van der Waals surface area contributed by atoms with Crippen LogP contribution in [0.2, 0.25) is 0 Å². The Morgan fingerprint density at radius 1 is 0.974 bits per heavy atom. The summed E-state index contributed by atoms with van der Waals surface area (Å²) in [6.07, 6.45) is 5.03. The van der Waals surface area contributed by atoms with E-state index in [1.165, 1.54) is 0 Å². The van der Waals surface area contributed by atoms with Gasteiger partial charge in [-0.15, -0.1) is 0 Å². The van der Waals surface area contributed by atoms with Gasteiger partial charge < -0.3 is 18.9 Å². The topological polar surface area (TPSA) is 85.3 Å². The van der Waals surface area contributed by atoms with Gasteiger partial charge in [0.25, 0.3) is 0 Å². The first-order chi connectivity index (χ1) is 18.6. The molecule has 0 unspecified atom stereocenters. The highest BCUT2D eigenvalue weighted by Gasteiger charge is 2.16. The number of aliphatic hydroxyl groups excluding tert-OH is 1. The third-order valence-electron chi connectivity index (χ3n) is 6.68. The number of nitrogens with zero attached hydrogens (tertiary/aromatic N) is 2. The number of ketones is 1. The summed E-state index contributed by atoms with van der Waals surface area (Å²) in [5.74, 6) is -0.0103. The summed E-state index contributed by atoms with van der Waals surface area (Å²) in [6, 6.07) is 24.4. The fourth-order valence-corrected chi connectivity index (χ4v) is 4.91. The highest BCUT2D eigenvalue weighted by atomic mass is 16.3. The summed E-state index contributed by atoms with van der Waals surface area (Å²) in [5.41, 5.74) is 7.29. The number of benzene rings is 3. The van der Waals surface area contributed by atoms with Crippen LogP contribution in [0.4, 0.5) is 0 Å². The molecule has 0 fully saturated rings. The standard InChI is InChI=1S/C31H24N2O3.CH4O/c1-20-11-14-28-25(16-20)26(29(35)9-5-15-34)19-33(28)18-21-12-13-27(32-17-21)24-8-4-7-23-22-6-2-3-10-30(22)36-31(23)24;1-2/h2-4,6-8,10-17,19H,5,9,18H2,1H3;2H,1H3. The van der Waals surface area contributed by atoms with Crippen LogP contribution in [0.1, 0.15) is 34.3 Å². The highest BCUT2D eigenvalue weighted by Crippen LogP contribution is 2.35. The Balaban J connectivity index is 0.00000144. The lowest BCUT2D eigenvalue weighted by Gasteiger charge is -2.07. The molecular weight excluding hydrogens is 476 g/mol. The SMILES string of the molecule is CO.Cc1ccc2c(c1)c(C(=O)CCC=O)cn2Cc1ccc(-c2cccc3c2oc2ccccc23)nc1. The molecule has 190 valence electrons. The van der Waals surface area contributed by atoms with Gasteiger partial charge in [-0.2, -0.15) is 0 Å². The largest absolute Gasteiger partial charge is 0.455 e. The second kappa shape index (κ2) is 10.8. The Morgan fingerprint density at radius 2 is 1.79 bits per heavy atom. The van der Waals surface area contributed by atoms with E-state index in [1.807, 2.05) is 73.9 Å². The van der Waals surface area contributed by atoms with Gasteiger partial charge in [-0.1, -0.05) is 48.0 Å². The van der Waals surface area contributed by atoms with Gasteiger partial charge in [0.2, 0.25) is 0 Å². The Kier molecular flexibility index (Phi) is 7.15. The van der Waals surface area contributed by atoms with Crippen molar-refractivity contribution in [2.45, 2.75) is 26.3 Å². The zero-order valence-electron chi connectivity index (χ0n) is 21.3. The lowest BCUT2D eigenvalue weighted by molar-refractivity contribution is -0.107. The van der Waals surface area contributed by atoms with E-state index in [4.69, 9.17) is 14.5 Å². The summed E-state index contributed by atoms with van der Waals surface area (Å²) in [5, 5.41) is 10.1. The number of aliphatic hydroxyl groups is 1. The number of para-hydroxylation sites is 2. The maximum atomic E-state index is 12.8. The summed E-state index contributed by atoms with van der Waals surface area (Å²) < 4.78 is 8.26. The van der Waals surface area contributed by atoms with Crippen LogP contribution in [0, 0.1) is 6.92 Å². The Bertz CT molecular complexity index is 1760. The number of carbonyl (C=O) groups is 2. The first kappa shape index (κ1) is 25.1. The number of Topliss-reactive ketones (excluding diaryl/α,β-unsaturated/α-hetero) is 1. The number of carbonyl (C=O) groups excluding carboxylic acids is 2. The van der Waals surface area contributed by atoms with Crippen LogP contribution in [-0.2, 0) is 11.3 Å². The van der Waals surface area contributed by atoms with Gasteiger partial charge in [0.15, 0.2) is 5.78 Å². The molecule has 0 spiro atoms. The molecule has 0 aliphatic heterocycles. The van der Waals surface area contributed by atoms with E-state index in [-0.39, 0.29) is 18.6 Å². The van der Waals surface area contributed by atoms with Gasteiger partial charge in [-0.3, -0.25) is 9.78 Å². The van der Waals surface area contributed by atoms with Gasteiger partial charge in [0.05, 0.1) is 5.69 Å². The molecule has 3 aromatic heterocycles. The van der Waals surface area contributed by atoms with Crippen molar-refractivity contribution in [1.82, 2.24) is 9.55 Å². The number of fused-ring (bicyclic) bond motifs is 4. The molecule has 0 aliphatic carbocycles. The van der Waals surface area contributed by atoms with Crippen molar-refractivity contribution in [2.24, 2.45) is 0 Å². The molecule has 0 radical (unpaired) electrons. The molecule has 38 heavy (non-hydrogen) atoms. The summed E-state index contributed by atoms with van der Waals surface area (Å²) >= 11 is 0. The minimum Gasteiger partial charge on any atom is -0.455 e. The maximum absolute atomic E-state index is 12.8. The molecule has 0 atom stereocenters. The first-order valence-electron chi connectivity index (χ1n) is 12.5. The second-order valence-corrected chi connectivity index (χ2v) is 9.15. The molecule has 0 aliphatic rings. The monoisotopic (exact) mass is 504 g/mol. The molecule has 0 bridgehead atoms. The van der Waals surface area contributed by atoms with Gasteiger partial charge >= 0.3 is 0 Å². The fourth-order valence-electron chi connectivity index (χ4n) is 4.91. The van der Waals surface area contributed by atoms with Crippen molar-refractivity contribution in [3.63, 3.8) is 0 Å². The third-order valence-corrected chi connectivity index (χ3v) is 6.68. The Labute approximate surface area is 220 Å². The molecule has 0 saturated carbocycles. The number of aromatic nitrogens is 2. The number of rotatable bonds is 7. The molecule has 0 saturated heterocycles. The van der Waals surface area contributed by atoms with Gasteiger partial charge in [-0.25, -0.2) is 0 Å². The number of hydrogen-bond acceptors (Lipinski definition) is 5. The van der Waals surface area contributed by atoms with Crippen LogP contribution in [0.5, 0.6) is 0 Å². The van der Waals surface area contributed by atoms with Gasteiger partial charge in [0.1, 0.15) is 17.5 Å². The molecule has 3 aromatic carbocycles. The van der Waals surface area contributed by atoms with Crippen molar-refractivity contribution in [3.8, 4) is 11.3 Å². The van der Waals surface area contributed by atoms with Crippen LogP contribution < -0.4 is 0 Å². The smallest absolute Gasteiger partial charge is 0.165 e. The van der Waals surface area contributed by atoms with Crippen LogP contribution >= 0.6 is 0 Å². The zero-order valence-corrected chi connectivity index (χ0v) is 21.3. The van der Waals surface area contributed by atoms with Crippen molar-refractivity contribution >= 4 is 44.9 Å². The van der Waals surface area contributed by atoms with E-state index in [2.05, 4.69) is 22.8 Å². The fraction of sp³-hybridized carbons (Fsp3) is 0.156. The molecule has 3 heterocycles. The quantitative estimate of drug-likeness (QED) is 0.192. The Morgan fingerprint density at radius 3 is 2.58 bits per heavy atom. The Hall–Kier alpha value is -4.55. The summed E-state index contributed by atoms with van der Waals surface area (Å²) in [4.78, 5) is 28.3. The van der Waals surface area contributed by atoms with E-state index in [1.54, 1.807) is 0 Å². The van der Waals surface area contributed by atoms with Gasteiger partial charge in [0, 0.05) is 71.7 Å². The van der Waals surface area contributed by atoms with Crippen LogP contribution in [0.3, 0.4) is 0 Å². The van der Waals surface area contributed by atoms with Crippen molar-refractivity contribution in [1.29, 1.82) is 0 Å². The normalized spacial score (nSPS) is 11.0. The number of aldehydes is 1. The minimum atomic E-state index is -0.0103. The first-order valence-corrected chi connectivity index (χ1v) is 12.5. The van der Waals surface area contributed by atoms with Crippen molar-refractivity contribution in [3.05, 3.63) is 102 Å². The number of aryl methyl sites for hydroxylation is 1. The lowest BCUT2D eigenvalue weighted by Crippen LogP contribution is -2.00. The molecular formula is C32H28N2O4. The van der Waals surface area contributed by atoms with Crippen LogP contribution in [-0.4, -0.2) is 33.8 Å². The molecule has 0 amide bonds. The van der Waals surface area contributed by atoms with Crippen molar-refractivity contribution in [2.75, 3.05) is 7.11 Å². The van der Waals surface area contributed by atoms with E-state index in [0.717, 1.165) is 68.6 Å². The molecule has 6 aromatic rings. The number of pyridine rings is 1. The molecule has 6 rings (SSSR count). The number of furan rings is 1.